The maximum Gasteiger partial charge on any atom is -0.0184 e. The van der Waals surface area contributed by atoms with E-state index in [2.05, 4.69) is 48.5 Å². The SMILES string of the molecule is O.O.O.O.O.c1ccc2ccccc2c1. The number of benzene rings is 2. The van der Waals surface area contributed by atoms with E-state index in [1.807, 2.05) is 0 Å². The number of hydrogen-bond acceptors (Lipinski definition) is 0. The van der Waals surface area contributed by atoms with Gasteiger partial charge in [-0.25, -0.2) is 0 Å². The van der Waals surface area contributed by atoms with Crippen molar-refractivity contribution in [3.8, 4) is 0 Å². The Morgan fingerprint density at radius 3 is 0.800 bits per heavy atom. The summed E-state index contributed by atoms with van der Waals surface area (Å²) in [6.45, 7) is 0. The molecule has 15 heavy (non-hydrogen) atoms. The second-order valence-electron chi connectivity index (χ2n) is 2.35. The van der Waals surface area contributed by atoms with Crippen LogP contribution >= 0.6 is 0 Å². The fourth-order valence-electron chi connectivity index (χ4n) is 1.13. The summed E-state index contributed by atoms with van der Waals surface area (Å²) >= 11 is 0. The molecule has 0 radical (unpaired) electrons. The van der Waals surface area contributed by atoms with Gasteiger partial charge in [0.15, 0.2) is 0 Å². The maximum atomic E-state index is 2.12. The van der Waals surface area contributed by atoms with Crippen LogP contribution in [0.25, 0.3) is 10.8 Å². The highest BCUT2D eigenvalue weighted by molar-refractivity contribution is 5.81. The van der Waals surface area contributed by atoms with Gasteiger partial charge in [-0.2, -0.15) is 0 Å². The molecule has 0 bridgehead atoms. The lowest BCUT2D eigenvalue weighted by Crippen LogP contribution is -1.67. The van der Waals surface area contributed by atoms with Gasteiger partial charge in [0.2, 0.25) is 0 Å². The molecule has 2 aromatic rings. The molecule has 88 valence electrons. The molecule has 0 spiro atoms. The van der Waals surface area contributed by atoms with Crippen LogP contribution in [0.1, 0.15) is 0 Å². The Kier molecular flexibility index (Phi) is 16.5. The summed E-state index contributed by atoms with van der Waals surface area (Å²) in [7, 11) is 0. The Morgan fingerprint density at radius 1 is 0.400 bits per heavy atom. The van der Waals surface area contributed by atoms with Crippen LogP contribution in [0, 0.1) is 0 Å². The molecule has 5 nitrogen and oxygen atoms in total. The maximum absolute atomic E-state index is 2.12. The van der Waals surface area contributed by atoms with Crippen LogP contribution in [-0.4, -0.2) is 27.4 Å². The van der Waals surface area contributed by atoms with Crippen molar-refractivity contribution in [2.45, 2.75) is 0 Å². The second kappa shape index (κ2) is 10.6. The molecular weight excluding hydrogens is 200 g/mol. The van der Waals surface area contributed by atoms with Crippen LogP contribution in [0.4, 0.5) is 0 Å². The number of hydrogen-bond donors (Lipinski definition) is 0. The van der Waals surface area contributed by atoms with E-state index in [4.69, 9.17) is 0 Å². The third-order valence-corrected chi connectivity index (χ3v) is 1.66. The Hall–Kier alpha value is -1.50. The molecule has 0 aliphatic rings. The molecule has 0 aliphatic carbocycles. The molecule has 0 saturated carbocycles. The molecule has 0 heterocycles. The summed E-state index contributed by atoms with van der Waals surface area (Å²) in [6, 6.07) is 16.7. The van der Waals surface area contributed by atoms with Crippen molar-refractivity contribution in [2.75, 3.05) is 0 Å². The zero-order valence-electron chi connectivity index (χ0n) is 8.12. The minimum absolute atomic E-state index is 0. The monoisotopic (exact) mass is 218 g/mol. The lowest BCUT2D eigenvalue weighted by molar-refractivity contribution is 0.823. The molecule has 0 amide bonds. The second-order valence-corrected chi connectivity index (χ2v) is 2.35. The summed E-state index contributed by atoms with van der Waals surface area (Å²) in [6.07, 6.45) is 0. The van der Waals surface area contributed by atoms with E-state index in [1.54, 1.807) is 0 Å². The molecule has 0 atom stereocenters. The van der Waals surface area contributed by atoms with Crippen molar-refractivity contribution in [1.29, 1.82) is 0 Å². The van der Waals surface area contributed by atoms with Crippen LogP contribution in [0.2, 0.25) is 0 Å². The Morgan fingerprint density at radius 2 is 0.600 bits per heavy atom. The third-order valence-electron chi connectivity index (χ3n) is 1.66. The van der Waals surface area contributed by atoms with Crippen LogP contribution in [0.15, 0.2) is 48.5 Å². The van der Waals surface area contributed by atoms with Crippen LogP contribution in [0.5, 0.6) is 0 Å². The van der Waals surface area contributed by atoms with Gasteiger partial charge in [-0.05, 0) is 10.8 Å². The molecule has 0 aliphatic heterocycles. The Labute approximate surface area is 87.5 Å². The zero-order valence-corrected chi connectivity index (χ0v) is 8.12. The van der Waals surface area contributed by atoms with Crippen molar-refractivity contribution in [2.24, 2.45) is 0 Å². The average Bonchev–Trinajstić information content (AvgIpc) is 2.05. The van der Waals surface area contributed by atoms with Crippen molar-refractivity contribution >= 4 is 10.8 Å². The van der Waals surface area contributed by atoms with Gasteiger partial charge in [-0.3, -0.25) is 0 Å². The summed E-state index contributed by atoms with van der Waals surface area (Å²) in [5.74, 6) is 0. The van der Waals surface area contributed by atoms with E-state index in [1.165, 1.54) is 10.8 Å². The molecular formula is C10H18O5. The quantitative estimate of drug-likeness (QED) is 0.515. The van der Waals surface area contributed by atoms with E-state index in [9.17, 15) is 0 Å². The topological polar surface area (TPSA) is 158 Å². The molecule has 2 aromatic carbocycles. The van der Waals surface area contributed by atoms with E-state index < -0.39 is 0 Å². The Bertz CT molecular complexity index is 285. The highest BCUT2D eigenvalue weighted by Gasteiger charge is 1.85. The van der Waals surface area contributed by atoms with E-state index in [-0.39, 0.29) is 27.4 Å². The van der Waals surface area contributed by atoms with Gasteiger partial charge in [0.05, 0.1) is 0 Å². The lowest BCUT2D eigenvalue weighted by Gasteiger charge is -1.92. The van der Waals surface area contributed by atoms with Gasteiger partial charge in [0.1, 0.15) is 0 Å². The van der Waals surface area contributed by atoms with Gasteiger partial charge < -0.3 is 27.4 Å². The molecule has 0 aromatic heterocycles. The third kappa shape index (κ3) is 5.06. The molecule has 0 unspecified atom stereocenters. The molecule has 10 N–H and O–H groups in total. The van der Waals surface area contributed by atoms with Crippen molar-refractivity contribution in [1.82, 2.24) is 0 Å². The standard InChI is InChI=1S/C10H8.5H2O/c1-2-6-10-8-4-3-7-9(10)5-1;;;;;/h1-8H;5*1H2. The van der Waals surface area contributed by atoms with E-state index in [0.717, 1.165) is 0 Å². The number of rotatable bonds is 0. The highest BCUT2D eigenvalue weighted by Crippen LogP contribution is 2.11. The lowest BCUT2D eigenvalue weighted by atomic mass is 10.1. The minimum Gasteiger partial charge on any atom is -0.412 e. The van der Waals surface area contributed by atoms with Gasteiger partial charge in [0.25, 0.3) is 0 Å². The smallest absolute Gasteiger partial charge is 0.0184 e. The fourth-order valence-corrected chi connectivity index (χ4v) is 1.13. The minimum atomic E-state index is 0. The predicted molar refractivity (Wildman–Crippen MR) is 62.0 cm³/mol. The van der Waals surface area contributed by atoms with Crippen LogP contribution < -0.4 is 0 Å². The molecule has 0 saturated heterocycles. The summed E-state index contributed by atoms with van der Waals surface area (Å²) in [5, 5.41) is 2.62. The summed E-state index contributed by atoms with van der Waals surface area (Å²) in [5.41, 5.74) is 0. The van der Waals surface area contributed by atoms with Gasteiger partial charge >= 0.3 is 0 Å². The van der Waals surface area contributed by atoms with Gasteiger partial charge in [-0.15, -0.1) is 0 Å². The van der Waals surface area contributed by atoms with Crippen molar-refractivity contribution in [3.05, 3.63) is 48.5 Å². The summed E-state index contributed by atoms with van der Waals surface area (Å²) in [4.78, 5) is 0. The molecule has 5 heteroatoms. The van der Waals surface area contributed by atoms with Gasteiger partial charge in [0, 0.05) is 0 Å². The highest BCUT2D eigenvalue weighted by atomic mass is 16.0. The van der Waals surface area contributed by atoms with Gasteiger partial charge in [-0.1, -0.05) is 48.5 Å². The van der Waals surface area contributed by atoms with E-state index in [0.29, 0.717) is 0 Å². The fraction of sp³-hybridized carbons (Fsp3) is 0. The van der Waals surface area contributed by atoms with E-state index >= 15 is 0 Å². The Balaban J connectivity index is -0.000000121. The number of fused-ring (bicyclic) bond motifs is 1. The van der Waals surface area contributed by atoms with Crippen molar-refractivity contribution in [3.63, 3.8) is 0 Å². The molecule has 0 fully saturated rings. The molecule has 2 rings (SSSR count). The zero-order chi connectivity index (χ0) is 6.81. The predicted octanol–water partition coefficient (Wildman–Crippen LogP) is -1.28. The average molecular weight is 218 g/mol. The first-order chi connectivity index (χ1) is 4.97. The largest absolute Gasteiger partial charge is 0.412 e. The normalized spacial score (nSPS) is 6.67. The van der Waals surface area contributed by atoms with Crippen LogP contribution in [0.3, 0.4) is 0 Å². The summed E-state index contributed by atoms with van der Waals surface area (Å²) < 4.78 is 0. The first-order valence-corrected chi connectivity index (χ1v) is 3.40. The van der Waals surface area contributed by atoms with Crippen LogP contribution in [-0.2, 0) is 0 Å². The first-order valence-electron chi connectivity index (χ1n) is 3.40. The first kappa shape index (κ1) is 23.4. The van der Waals surface area contributed by atoms with Crippen molar-refractivity contribution < 1.29 is 27.4 Å².